The first-order chi connectivity index (χ1) is 19.8. The van der Waals surface area contributed by atoms with E-state index in [1.807, 2.05) is 0 Å². The fourth-order valence-electron chi connectivity index (χ4n) is 4.29. The van der Waals surface area contributed by atoms with E-state index < -0.39 is 21.3 Å². The number of aliphatic imine (C=N–C) groups is 1. The standard InChI is InChI=1S/C30H34N2O8S/c1-37-25-14-11-23(27(19-25)38-2)20-31-29(34)30(15-18-41(35,36)26-7-4-3-5-8-26)21-40-28(32-30)22-9-12-24(13-10-22)39-17-6-16-33/h3-5,7-14,19,33H,6,15-18,20-21H2,1-2H3,(H,31,34)/t30-/m1/s1. The second kappa shape index (κ2) is 13.5. The summed E-state index contributed by atoms with van der Waals surface area (Å²) in [5, 5.41) is 11.8. The lowest BCUT2D eigenvalue weighted by Gasteiger charge is -2.23. The third-order valence-electron chi connectivity index (χ3n) is 6.68. The fraction of sp³-hybridized carbons (Fsp3) is 0.333. The van der Waals surface area contributed by atoms with Gasteiger partial charge in [-0.1, -0.05) is 18.2 Å². The third-order valence-corrected chi connectivity index (χ3v) is 8.41. The van der Waals surface area contributed by atoms with E-state index in [4.69, 9.17) is 24.1 Å². The van der Waals surface area contributed by atoms with Crippen LogP contribution in [0.5, 0.6) is 17.2 Å². The Hall–Kier alpha value is -4.09. The Morgan fingerprint density at radius 3 is 2.44 bits per heavy atom. The van der Waals surface area contributed by atoms with Gasteiger partial charge in [-0.25, -0.2) is 13.4 Å². The number of aliphatic hydroxyl groups is 1. The first-order valence-corrected chi connectivity index (χ1v) is 14.8. The van der Waals surface area contributed by atoms with Crippen molar-refractivity contribution in [3.05, 3.63) is 83.9 Å². The molecule has 0 unspecified atom stereocenters. The lowest BCUT2D eigenvalue weighted by molar-refractivity contribution is -0.127. The number of benzene rings is 3. The molecule has 0 radical (unpaired) electrons. The van der Waals surface area contributed by atoms with Crippen molar-refractivity contribution in [1.82, 2.24) is 5.32 Å². The average molecular weight is 583 g/mol. The van der Waals surface area contributed by atoms with Crippen molar-refractivity contribution < 1.29 is 37.3 Å². The van der Waals surface area contributed by atoms with Crippen LogP contribution in [0.4, 0.5) is 0 Å². The summed E-state index contributed by atoms with van der Waals surface area (Å²) >= 11 is 0. The maximum absolute atomic E-state index is 13.7. The van der Waals surface area contributed by atoms with Gasteiger partial charge in [0.05, 0.1) is 31.5 Å². The van der Waals surface area contributed by atoms with Crippen LogP contribution in [0.1, 0.15) is 24.0 Å². The summed E-state index contributed by atoms with van der Waals surface area (Å²) in [5.74, 6) is 1.25. The number of methoxy groups -OCH3 is 2. The van der Waals surface area contributed by atoms with Gasteiger partial charge in [0.15, 0.2) is 15.4 Å². The molecule has 11 heteroatoms. The molecular formula is C30H34N2O8S. The summed E-state index contributed by atoms with van der Waals surface area (Å²) in [7, 11) is -0.596. The molecule has 1 heterocycles. The molecule has 3 aromatic carbocycles. The molecule has 4 rings (SSSR count). The van der Waals surface area contributed by atoms with Crippen LogP contribution in [0.3, 0.4) is 0 Å². The van der Waals surface area contributed by atoms with Crippen LogP contribution in [0, 0.1) is 0 Å². The van der Waals surface area contributed by atoms with E-state index in [1.54, 1.807) is 67.8 Å². The smallest absolute Gasteiger partial charge is 0.251 e. The number of hydrogen-bond donors (Lipinski definition) is 2. The predicted octanol–water partition coefficient (Wildman–Crippen LogP) is 3.16. The van der Waals surface area contributed by atoms with Crippen LogP contribution in [-0.4, -0.2) is 70.7 Å². The van der Waals surface area contributed by atoms with Gasteiger partial charge in [-0.05, 0) is 55.0 Å². The van der Waals surface area contributed by atoms with Gasteiger partial charge in [0.2, 0.25) is 5.90 Å². The van der Waals surface area contributed by atoms with Gasteiger partial charge in [-0.2, -0.15) is 0 Å². The largest absolute Gasteiger partial charge is 0.497 e. The average Bonchev–Trinajstić information content (AvgIpc) is 3.45. The predicted molar refractivity (Wildman–Crippen MR) is 153 cm³/mol. The summed E-state index contributed by atoms with van der Waals surface area (Å²) in [6, 6.07) is 20.4. The van der Waals surface area contributed by atoms with Crippen molar-refractivity contribution in [1.29, 1.82) is 0 Å². The number of carbonyl (C=O) groups is 1. The Morgan fingerprint density at radius 1 is 1.02 bits per heavy atom. The lowest BCUT2D eigenvalue weighted by Crippen LogP contribution is -2.47. The summed E-state index contributed by atoms with van der Waals surface area (Å²) in [4.78, 5) is 18.5. The van der Waals surface area contributed by atoms with Crippen LogP contribution in [0.2, 0.25) is 0 Å². The van der Waals surface area contributed by atoms with Gasteiger partial charge in [0, 0.05) is 36.8 Å². The maximum atomic E-state index is 13.7. The number of nitrogens with zero attached hydrogens (tertiary/aromatic N) is 1. The van der Waals surface area contributed by atoms with Crippen molar-refractivity contribution >= 4 is 21.6 Å². The number of carbonyl (C=O) groups excluding carboxylic acids is 1. The highest BCUT2D eigenvalue weighted by atomic mass is 32.2. The van der Waals surface area contributed by atoms with E-state index in [-0.39, 0.29) is 42.7 Å². The first kappa shape index (κ1) is 29.9. The monoisotopic (exact) mass is 582 g/mol. The summed E-state index contributed by atoms with van der Waals surface area (Å²) in [6.45, 7) is 0.431. The Balaban J connectivity index is 1.57. The molecule has 2 N–H and O–H groups in total. The fourth-order valence-corrected chi connectivity index (χ4v) is 5.70. The van der Waals surface area contributed by atoms with Gasteiger partial charge in [0.1, 0.15) is 23.9 Å². The minimum atomic E-state index is -3.68. The molecule has 1 atom stereocenters. The molecule has 0 bridgehead atoms. The van der Waals surface area contributed by atoms with Gasteiger partial charge in [-0.15, -0.1) is 0 Å². The number of ether oxygens (including phenoxy) is 4. The number of hydrogen-bond acceptors (Lipinski definition) is 9. The molecule has 0 saturated heterocycles. The zero-order valence-electron chi connectivity index (χ0n) is 23.0. The Kier molecular flexibility index (Phi) is 9.85. The lowest BCUT2D eigenvalue weighted by atomic mass is 9.97. The van der Waals surface area contributed by atoms with Crippen LogP contribution < -0.4 is 19.5 Å². The number of sulfone groups is 1. The number of rotatable bonds is 14. The van der Waals surface area contributed by atoms with Gasteiger partial charge >= 0.3 is 0 Å². The first-order valence-electron chi connectivity index (χ1n) is 13.1. The molecule has 1 amide bonds. The van der Waals surface area contributed by atoms with Crippen molar-refractivity contribution in [3.8, 4) is 17.2 Å². The molecule has 0 spiro atoms. The Labute approximate surface area is 239 Å². The van der Waals surface area contributed by atoms with Crippen molar-refractivity contribution in [2.24, 2.45) is 4.99 Å². The molecule has 1 aliphatic rings. The van der Waals surface area contributed by atoms with E-state index in [9.17, 15) is 13.2 Å². The molecule has 0 aromatic heterocycles. The third kappa shape index (κ3) is 7.36. The summed E-state index contributed by atoms with van der Waals surface area (Å²) in [5.41, 5.74) is -0.127. The van der Waals surface area contributed by atoms with E-state index in [0.717, 1.165) is 0 Å². The number of nitrogens with one attached hydrogen (secondary N) is 1. The molecule has 218 valence electrons. The quantitative estimate of drug-likeness (QED) is 0.277. The minimum Gasteiger partial charge on any atom is -0.497 e. The van der Waals surface area contributed by atoms with Crippen LogP contribution >= 0.6 is 0 Å². The molecule has 0 aliphatic carbocycles. The maximum Gasteiger partial charge on any atom is 0.251 e. The van der Waals surface area contributed by atoms with Gasteiger partial charge in [0.25, 0.3) is 5.91 Å². The minimum absolute atomic E-state index is 0.0398. The second-order valence-electron chi connectivity index (χ2n) is 9.43. The number of aliphatic hydroxyl groups excluding tert-OH is 1. The second-order valence-corrected chi connectivity index (χ2v) is 11.5. The highest BCUT2D eigenvalue weighted by Gasteiger charge is 2.45. The van der Waals surface area contributed by atoms with Crippen molar-refractivity contribution in [2.45, 2.75) is 29.8 Å². The molecule has 10 nitrogen and oxygen atoms in total. The zero-order valence-corrected chi connectivity index (χ0v) is 23.9. The Bertz CT molecular complexity index is 1460. The number of amides is 1. The van der Waals surface area contributed by atoms with E-state index >= 15 is 0 Å². The van der Waals surface area contributed by atoms with Gasteiger partial charge < -0.3 is 29.4 Å². The van der Waals surface area contributed by atoms with E-state index in [2.05, 4.69) is 10.3 Å². The highest BCUT2D eigenvalue weighted by molar-refractivity contribution is 7.91. The zero-order chi connectivity index (χ0) is 29.3. The molecule has 3 aromatic rings. The van der Waals surface area contributed by atoms with Gasteiger partial charge in [-0.3, -0.25) is 4.79 Å². The molecule has 1 aliphatic heterocycles. The molecule has 0 fully saturated rings. The highest BCUT2D eigenvalue weighted by Crippen LogP contribution is 2.30. The molecular weight excluding hydrogens is 548 g/mol. The summed E-state index contributed by atoms with van der Waals surface area (Å²) < 4.78 is 48.3. The van der Waals surface area contributed by atoms with Crippen molar-refractivity contribution in [2.75, 3.05) is 39.8 Å². The van der Waals surface area contributed by atoms with Crippen LogP contribution in [-0.2, 0) is 25.9 Å². The molecule has 0 saturated carbocycles. The normalized spacial score (nSPS) is 16.4. The summed E-state index contributed by atoms with van der Waals surface area (Å²) in [6.07, 6.45) is 0.436. The van der Waals surface area contributed by atoms with Crippen LogP contribution in [0.15, 0.2) is 82.7 Å². The Morgan fingerprint density at radius 2 is 1.76 bits per heavy atom. The SMILES string of the molecule is COc1ccc(CNC(=O)[C@@]2(CCS(=O)(=O)c3ccccc3)COC(c3ccc(OCCCO)cc3)=N2)c(OC)c1. The van der Waals surface area contributed by atoms with Crippen molar-refractivity contribution in [3.63, 3.8) is 0 Å². The van der Waals surface area contributed by atoms with Crippen LogP contribution in [0.25, 0.3) is 0 Å². The van der Waals surface area contributed by atoms with E-state index in [0.29, 0.717) is 41.4 Å². The molecule has 41 heavy (non-hydrogen) atoms. The van der Waals surface area contributed by atoms with E-state index in [1.165, 1.54) is 19.2 Å². The topological polar surface area (TPSA) is 133 Å².